The van der Waals surface area contributed by atoms with Crippen LogP contribution in [0.1, 0.15) is 0 Å². The quantitative estimate of drug-likeness (QED) is 0.482. The van der Waals surface area contributed by atoms with Crippen molar-refractivity contribution in [1.82, 2.24) is 40.4 Å². The summed E-state index contributed by atoms with van der Waals surface area (Å²) in [6, 6.07) is 23.2. The third kappa shape index (κ3) is 3.00. The predicted molar refractivity (Wildman–Crippen MR) is 101 cm³/mol. The minimum Gasteiger partial charge on any atom is -0.130 e. The highest BCUT2D eigenvalue weighted by atomic mass is 32.1. The summed E-state index contributed by atoms with van der Waals surface area (Å²) in [5.74, 6) is 1.12. The number of thiophene rings is 1. The van der Waals surface area contributed by atoms with Crippen molar-refractivity contribution < 1.29 is 0 Å². The van der Waals surface area contributed by atoms with E-state index in [1.54, 1.807) is 0 Å². The summed E-state index contributed by atoms with van der Waals surface area (Å²) in [6.07, 6.45) is 0. The Morgan fingerprint density at radius 2 is 1.00 bits per heavy atom. The van der Waals surface area contributed by atoms with Gasteiger partial charge in [-0.25, -0.2) is 0 Å². The SMILES string of the molecule is c1ccc(-n2nnc(-c3ccc(-c4nnn(-c5ccccc5)n4)s3)n2)cc1. The Balaban J connectivity index is 1.42. The van der Waals surface area contributed by atoms with Crippen molar-refractivity contribution in [3.05, 3.63) is 72.8 Å². The zero-order chi connectivity index (χ0) is 18.1. The molecule has 0 N–H and O–H groups in total. The Labute approximate surface area is 157 Å². The van der Waals surface area contributed by atoms with Crippen molar-refractivity contribution >= 4 is 11.3 Å². The molecule has 0 aliphatic rings. The number of hydrogen-bond acceptors (Lipinski definition) is 7. The van der Waals surface area contributed by atoms with E-state index in [2.05, 4.69) is 30.8 Å². The number of para-hydroxylation sites is 2. The maximum absolute atomic E-state index is 4.45. The molecule has 0 spiro atoms. The highest BCUT2D eigenvalue weighted by molar-refractivity contribution is 7.18. The molecule has 0 saturated carbocycles. The van der Waals surface area contributed by atoms with Crippen LogP contribution in [0.25, 0.3) is 32.8 Å². The van der Waals surface area contributed by atoms with E-state index in [0.29, 0.717) is 11.6 Å². The van der Waals surface area contributed by atoms with Crippen LogP contribution in [-0.2, 0) is 0 Å². The first-order chi connectivity index (χ1) is 13.4. The molecule has 0 radical (unpaired) electrons. The van der Waals surface area contributed by atoms with Gasteiger partial charge in [-0.05, 0) is 46.8 Å². The third-order valence-corrected chi connectivity index (χ3v) is 4.93. The van der Waals surface area contributed by atoms with Crippen molar-refractivity contribution in [2.24, 2.45) is 0 Å². The van der Waals surface area contributed by atoms with Crippen molar-refractivity contribution in [3.8, 4) is 32.8 Å². The maximum atomic E-state index is 4.45. The lowest BCUT2D eigenvalue weighted by Gasteiger charge is -1.95. The molecule has 0 amide bonds. The summed E-state index contributed by atoms with van der Waals surface area (Å²) in [7, 11) is 0. The van der Waals surface area contributed by atoms with Gasteiger partial charge < -0.3 is 0 Å². The van der Waals surface area contributed by atoms with E-state index in [-0.39, 0.29) is 0 Å². The fourth-order valence-electron chi connectivity index (χ4n) is 2.55. The Bertz CT molecular complexity index is 1080. The molecule has 5 aromatic rings. The van der Waals surface area contributed by atoms with Crippen LogP contribution in [0.3, 0.4) is 0 Å². The van der Waals surface area contributed by atoms with Crippen molar-refractivity contribution in [2.75, 3.05) is 0 Å². The molecule has 3 heterocycles. The van der Waals surface area contributed by atoms with E-state index in [4.69, 9.17) is 0 Å². The predicted octanol–water partition coefficient (Wildman–Crippen LogP) is 3.03. The van der Waals surface area contributed by atoms with Crippen LogP contribution >= 0.6 is 11.3 Å². The molecule has 0 bridgehead atoms. The van der Waals surface area contributed by atoms with Gasteiger partial charge in [0, 0.05) is 0 Å². The topological polar surface area (TPSA) is 87.2 Å². The van der Waals surface area contributed by atoms with Gasteiger partial charge in [0.15, 0.2) is 0 Å². The summed E-state index contributed by atoms with van der Waals surface area (Å²) in [5, 5.41) is 25.5. The number of tetrazole rings is 2. The molecule has 0 aliphatic heterocycles. The molecule has 0 fully saturated rings. The number of nitrogens with zero attached hydrogens (tertiary/aromatic N) is 8. The van der Waals surface area contributed by atoms with E-state index in [0.717, 1.165) is 21.1 Å². The van der Waals surface area contributed by atoms with E-state index in [1.807, 2.05) is 72.8 Å². The molecule has 0 aliphatic carbocycles. The second-order valence-corrected chi connectivity index (χ2v) is 6.72. The van der Waals surface area contributed by atoms with Gasteiger partial charge in [0.25, 0.3) is 0 Å². The van der Waals surface area contributed by atoms with E-state index >= 15 is 0 Å². The van der Waals surface area contributed by atoms with Crippen LogP contribution < -0.4 is 0 Å². The van der Waals surface area contributed by atoms with Crippen LogP contribution in [0.2, 0.25) is 0 Å². The van der Waals surface area contributed by atoms with Gasteiger partial charge in [-0.1, -0.05) is 36.4 Å². The molecule has 8 nitrogen and oxygen atoms in total. The van der Waals surface area contributed by atoms with Crippen LogP contribution in [0.15, 0.2) is 72.8 Å². The molecule has 5 rings (SSSR count). The van der Waals surface area contributed by atoms with Gasteiger partial charge in [0.05, 0.1) is 21.1 Å². The van der Waals surface area contributed by atoms with Crippen molar-refractivity contribution in [3.63, 3.8) is 0 Å². The van der Waals surface area contributed by atoms with Crippen LogP contribution in [0, 0.1) is 0 Å². The Morgan fingerprint density at radius 3 is 1.44 bits per heavy atom. The molecular formula is C18H12N8S. The van der Waals surface area contributed by atoms with Gasteiger partial charge in [0.2, 0.25) is 11.6 Å². The Morgan fingerprint density at radius 1 is 0.556 bits per heavy atom. The van der Waals surface area contributed by atoms with Crippen LogP contribution in [-0.4, -0.2) is 40.4 Å². The van der Waals surface area contributed by atoms with Gasteiger partial charge in [-0.15, -0.1) is 41.3 Å². The normalized spacial score (nSPS) is 11.0. The summed E-state index contributed by atoms with van der Waals surface area (Å²) in [5.41, 5.74) is 1.72. The summed E-state index contributed by atoms with van der Waals surface area (Å²) in [4.78, 5) is 4.81. The fourth-order valence-corrected chi connectivity index (χ4v) is 3.40. The Hall–Kier alpha value is -3.72. The molecule has 0 saturated heterocycles. The first-order valence-electron chi connectivity index (χ1n) is 8.18. The molecule has 0 unspecified atom stereocenters. The second-order valence-electron chi connectivity index (χ2n) is 5.64. The number of hydrogen-bond donors (Lipinski definition) is 0. The van der Waals surface area contributed by atoms with Crippen LogP contribution in [0.5, 0.6) is 0 Å². The number of rotatable bonds is 4. The number of aromatic nitrogens is 8. The van der Waals surface area contributed by atoms with E-state index in [9.17, 15) is 0 Å². The van der Waals surface area contributed by atoms with E-state index < -0.39 is 0 Å². The van der Waals surface area contributed by atoms with Gasteiger partial charge >= 0.3 is 0 Å². The van der Waals surface area contributed by atoms with Gasteiger partial charge in [0.1, 0.15) is 0 Å². The highest BCUT2D eigenvalue weighted by Crippen LogP contribution is 2.30. The summed E-state index contributed by atoms with van der Waals surface area (Å²) in [6.45, 7) is 0. The van der Waals surface area contributed by atoms with Crippen LogP contribution in [0.4, 0.5) is 0 Å². The molecule has 130 valence electrons. The highest BCUT2D eigenvalue weighted by Gasteiger charge is 2.14. The first-order valence-corrected chi connectivity index (χ1v) is 9.00. The molecule has 27 heavy (non-hydrogen) atoms. The molecule has 3 aromatic heterocycles. The van der Waals surface area contributed by atoms with Crippen molar-refractivity contribution in [1.29, 1.82) is 0 Å². The smallest absolute Gasteiger partial charge is 0.130 e. The lowest BCUT2D eigenvalue weighted by atomic mass is 10.3. The molecule has 0 atom stereocenters. The molecule has 9 heteroatoms. The molecular weight excluding hydrogens is 360 g/mol. The zero-order valence-electron chi connectivity index (χ0n) is 13.9. The largest absolute Gasteiger partial charge is 0.215 e. The fraction of sp³-hybridized carbons (Fsp3) is 0. The van der Waals surface area contributed by atoms with Gasteiger partial charge in [-0.3, -0.25) is 0 Å². The lowest BCUT2D eigenvalue weighted by Crippen LogP contribution is -1.98. The third-order valence-electron chi connectivity index (χ3n) is 3.85. The lowest BCUT2D eigenvalue weighted by molar-refractivity contribution is 0.720. The first kappa shape index (κ1) is 15.5. The minimum absolute atomic E-state index is 0.561. The standard InChI is InChI=1S/C18H12N8S/c1-3-7-13(8-4-1)25-21-17(19-23-25)15-11-12-16(27-15)18-20-24-26(22-18)14-9-5-2-6-10-14/h1-12H. The number of benzene rings is 2. The maximum Gasteiger partial charge on any atom is 0.215 e. The average molecular weight is 372 g/mol. The second kappa shape index (κ2) is 6.54. The monoisotopic (exact) mass is 372 g/mol. The average Bonchev–Trinajstić information content (AvgIpc) is 3.49. The minimum atomic E-state index is 0.561. The van der Waals surface area contributed by atoms with Gasteiger partial charge in [-0.2, -0.15) is 0 Å². The van der Waals surface area contributed by atoms with Crippen molar-refractivity contribution in [2.45, 2.75) is 0 Å². The van der Waals surface area contributed by atoms with E-state index in [1.165, 1.54) is 20.9 Å². The molecule has 2 aromatic carbocycles. The summed E-state index contributed by atoms with van der Waals surface area (Å²) >= 11 is 1.50. The summed E-state index contributed by atoms with van der Waals surface area (Å²) < 4.78 is 0. The Kier molecular flexibility index (Phi) is 3.76. The zero-order valence-corrected chi connectivity index (χ0v) is 14.7.